The lowest BCUT2D eigenvalue weighted by molar-refractivity contribution is 1.01. The number of benzene rings is 7. The summed E-state index contributed by atoms with van der Waals surface area (Å²) in [7, 11) is 4.36. The molecule has 1 aliphatic rings. The van der Waals surface area contributed by atoms with E-state index in [-0.39, 0.29) is 0 Å². The Kier molecular flexibility index (Phi) is 15.1. The number of anilines is 8. The standard InChI is InChI=1S/C58H52N4.C2H6/c1-5-22-54-53(6-2)55(61(49-27-16-9-17-28-49)51-39-35-47(36-40-51)33-31-45-23-12-7-13-24-45)57-58(60(4)44-21-11-20-43-59(57)3)56(54)62(50-29-18-10-19-30-50)52-41-37-48(38-42-52)34-32-46-25-14-8-15-26-46;1-2/h5-43H,1,44H2,2-4H3;1-2H3/b21-11-,33-31+,34-32+,43-20-,53-6+,54-22+;. The molecule has 0 amide bonds. The highest BCUT2D eigenvalue weighted by atomic mass is 15.3. The van der Waals surface area contributed by atoms with Crippen LogP contribution in [0.4, 0.5) is 45.5 Å². The summed E-state index contributed by atoms with van der Waals surface area (Å²) in [5, 5.41) is 2.14. The third-order valence-electron chi connectivity index (χ3n) is 11.0. The van der Waals surface area contributed by atoms with Gasteiger partial charge in [0, 0.05) is 60.0 Å². The van der Waals surface area contributed by atoms with Crippen LogP contribution in [-0.2, 0) is 0 Å². The third kappa shape index (κ3) is 10.1. The summed E-state index contributed by atoms with van der Waals surface area (Å²) in [5.74, 6) is 0. The molecule has 7 aromatic rings. The molecule has 0 radical (unpaired) electrons. The first-order valence-electron chi connectivity index (χ1n) is 22.2. The average molecular weight is 835 g/mol. The average Bonchev–Trinajstić information content (AvgIpc) is 3.42. The normalized spacial score (nSPS) is 14.0. The van der Waals surface area contributed by atoms with Gasteiger partial charge in [-0.15, -0.1) is 0 Å². The zero-order valence-electron chi connectivity index (χ0n) is 37.7. The van der Waals surface area contributed by atoms with Crippen LogP contribution in [-0.4, -0.2) is 20.6 Å². The van der Waals surface area contributed by atoms with Crippen molar-refractivity contribution in [2.45, 2.75) is 20.8 Å². The zero-order chi connectivity index (χ0) is 44.7. The van der Waals surface area contributed by atoms with Crippen molar-refractivity contribution >= 4 is 82.0 Å². The molecule has 8 rings (SSSR count). The first-order valence-corrected chi connectivity index (χ1v) is 22.2. The molecule has 7 aromatic carbocycles. The highest BCUT2D eigenvalue weighted by Gasteiger charge is 2.31. The number of likely N-dealkylation sites (N-methyl/N-ethyl adjacent to an activating group) is 1. The second-order valence-corrected chi connectivity index (χ2v) is 15.2. The van der Waals surface area contributed by atoms with Gasteiger partial charge >= 0.3 is 0 Å². The Morgan fingerprint density at radius 1 is 0.469 bits per heavy atom. The summed E-state index contributed by atoms with van der Waals surface area (Å²) in [6.07, 6.45) is 23.7. The lowest BCUT2D eigenvalue weighted by Crippen LogP contribution is -2.39. The van der Waals surface area contributed by atoms with E-state index in [9.17, 15) is 0 Å². The smallest absolute Gasteiger partial charge is 0.0914 e. The van der Waals surface area contributed by atoms with Crippen molar-refractivity contribution in [3.05, 3.63) is 240 Å². The van der Waals surface area contributed by atoms with Crippen LogP contribution < -0.4 is 30.0 Å². The summed E-state index contributed by atoms with van der Waals surface area (Å²) in [5.41, 5.74) is 13.1. The Morgan fingerprint density at radius 3 is 1.28 bits per heavy atom. The largest absolute Gasteiger partial charge is 0.367 e. The third-order valence-corrected chi connectivity index (χ3v) is 11.0. The van der Waals surface area contributed by atoms with Gasteiger partial charge in [-0.2, -0.15) is 0 Å². The molecule has 1 heterocycles. The van der Waals surface area contributed by atoms with Crippen LogP contribution in [0.5, 0.6) is 0 Å². The van der Waals surface area contributed by atoms with E-state index in [4.69, 9.17) is 0 Å². The van der Waals surface area contributed by atoms with E-state index in [0.717, 1.165) is 67.1 Å². The fourth-order valence-electron chi connectivity index (χ4n) is 8.05. The summed E-state index contributed by atoms with van der Waals surface area (Å²) >= 11 is 0. The van der Waals surface area contributed by atoms with Crippen molar-refractivity contribution in [3.8, 4) is 0 Å². The number of fused-ring (bicyclic) bond motifs is 1. The minimum Gasteiger partial charge on any atom is -0.367 e. The van der Waals surface area contributed by atoms with Crippen molar-refractivity contribution in [2.24, 2.45) is 0 Å². The van der Waals surface area contributed by atoms with E-state index in [1.54, 1.807) is 0 Å². The Balaban J connectivity index is 0.00000302. The number of allylic oxidation sites excluding steroid dienone is 3. The van der Waals surface area contributed by atoms with Crippen molar-refractivity contribution in [1.82, 2.24) is 0 Å². The van der Waals surface area contributed by atoms with Gasteiger partial charge in [-0.25, -0.2) is 0 Å². The van der Waals surface area contributed by atoms with Gasteiger partial charge in [0.2, 0.25) is 0 Å². The Bertz CT molecular complexity index is 2840. The molecule has 0 unspecified atom stereocenters. The van der Waals surface area contributed by atoms with Gasteiger partial charge in [-0.05, 0) is 83.8 Å². The van der Waals surface area contributed by atoms with E-state index in [0.29, 0.717) is 6.54 Å². The molecule has 0 bridgehead atoms. The molecule has 0 atom stereocenters. The molecule has 0 fully saturated rings. The molecule has 318 valence electrons. The summed E-state index contributed by atoms with van der Waals surface area (Å²) < 4.78 is 0. The van der Waals surface area contributed by atoms with Gasteiger partial charge in [0.1, 0.15) is 0 Å². The first kappa shape index (κ1) is 44.2. The van der Waals surface area contributed by atoms with Crippen LogP contribution in [0.15, 0.2) is 207 Å². The highest BCUT2D eigenvalue weighted by Crippen LogP contribution is 2.49. The molecule has 1 aliphatic heterocycles. The second kappa shape index (κ2) is 21.8. The van der Waals surface area contributed by atoms with Crippen LogP contribution in [0, 0.1) is 0 Å². The molecular weight excluding hydrogens is 777 g/mol. The van der Waals surface area contributed by atoms with Crippen molar-refractivity contribution in [3.63, 3.8) is 0 Å². The van der Waals surface area contributed by atoms with Gasteiger partial charge in [0.15, 0.2) is 0 Å². The number of para-hydroxylation sites is 2. The van der Waals surface area contributed by atoms with Gasteiger partial charge in [0.25, 0.3) is 0 Å². The number of hydrogen-bond acceptors (Lipinski definition) is 4. The topological polar surface area (TPSA) is 13.0 Å². The molecule has 64 heavy (non-hydrogen) atoms. The summed E-state index contributed by atoms with van der Waals surface area (Å²) in [6.45, 7) is 11.1. The Morgan fingerprint density at radius 2 is 0.859 bits per heavy atom. The van der Waals surface area contributed by atoms with Gasteiger partial charge in [-0.1, -0.05) is 196 Å². The van der Waals surface area contributed by atoms with E-state index >= 15 is 0 Å². The molecule has 0 N–H and O–H groups in total. The van der Waals surface area contributed by atoms with E-state index in [1.807, 2.05) is 32.1 Å². The first-order chi connectivity index (χ1) is 31.5. The fraction of sp³-hybridized carbons (Fsp3) is 0.100. The number of rotatable bonds is 11. The Hall–Kier alpha value is -7.82. The van der Waals surface area contributed by atoms with E-state index in [1.165, 1.54) is 11.1 Å². The molecule has 0 aliphatic carbocycles. The van der Waals surface area contributed by atoms with Crippen LogP contribution in [0.3, 0.4) is 0 Å². The van der Waals surface area contributed by atoms with E-state index < -0.39 is 0 Å². The summed E-state index contributed by atoms with van der Waals surface area (Å²) in [6, 6.07) is 60.0. The van der Waals surface area contributed by atoms with Gasteiger partial charge < -0.3 is 19.6 Å². The van der Waals surface area contributed by atoms with Crippen LogP contribution in [0.25, 0.3) is 36.5 Å². The maximum Gasteiger partial charge on any atom is 0.0914 e. The predicted molar refractivity (Wildman–Crippen MR) is 282 cm³/mol. The predicted octanol–water partition coefficient (Wildman–Crippen LogP) is 14.7. The van der Waals surface area contributed by atoms with Crippen molar-refractivity contribution in [2.75, 3.05) is 40.2 Å². The lowest BCUT2D eigenvalue weighted by atomic mass is 10.00. The van der Waals surface area contributed by atoms with Crippen molar-refractivity contribution in [1.29, 1.82) is 0 Å². The van der Waals surface area contributed by atoms with Gasteiger partial charge in [-0.3, -0.25) is 0 Å². The van der Waals surface area contributed by atoms with Gasteiger partial charge in [0.05, 0.1) is 22.7 Å². The molecule has 0 spiro atoms. The second-order valence-electron chi connectivity index (χ2n) is 15.2. The fourth-order valence-corrected chi connectivity index (χ4v) is 8.05. The molecule has 0 saturated heterocycles. The highest BCUT2D eigenvalue weighted by molar-refractivity contribution is 6.02. The minimum absolute atomic E-state index is 0.694. The van der Waals surface area contributed by atoms with Crippen LogP contribution >= 0.6 is 0 Å². The van der Waals surface area contributed by atoms with Crippen molar-refractivity contribution < 1.29 is 0 Å². The van der Waals surface area contributed by atoms with Crippen LogP contribution in [0.1, 0.15) is 43.0 Å². The van der Waals surface area contributed by atoms with Crippen LogP contribution in [0.2, 0.25) is 0 Å². The molecule has 0 aromatic heterocycles. The molecule has 4 heteroatoms. The molecular formula is C60H58N4. The molecule has 4 nitrogen and oxygen atoms in total. The quantitative estimate of drug-likeness (QED) is 0.120. The SMILES string of the molecule is C=C/C=c1/c(N(c2ccccc2)c2ccc(/C=C/c3ccccc3)cc2)c2c(c(N(c3ccccc3)c3ccc(/C=C/c4ccccc4)cc3)/c1=C/C)N(C)/C=C\C=C/CN2C.CC. The van der Waals surface area contributed by atoms with E-state index in [2.05, 4.69) is 266 Å². The Labute approximate surface area is 381 Å². The lowest BCUT2D eigenvalue weighted by Gasteiger charge is -2.38. The molecule has 0 saturated carbocycles. The maximum absolute atomic E-state index is 4.31. The summed E-state index contributed by atoms with van der Waals surface area (Å²) in [4.78, 5) is 9.47. The maximum atomic E-state index is 4.31. The number of nitrogens with zero attached hydrogens (tertiary/aromatic N) is 4. The number of hydrogen-bond donors (Lipinski definition) is 0. The zero-order valence-corrected chi connectivity index (χ0v) is 37.7. The monoisotopic (exact) mass is 834 g/mol. The minimum atomic E-state index is 0.694.